The number of nitrogens with zero attached hydrogens (tertiary/aromatic N) is 1. The fourth-order valence-corrected chi connectivity index (χ4v) is 1.47. The first-order chi connectivity index (χ1) is 3.93. The van der Waals surface area contributed by atoms with Crippen molar-refractivity contribution < 1.29 is 0 Å². The molecular formula is C6H11NSe. The van der Waals surface area contributed by atoms with Gasteiger partial charge >= 0.3 is 57.9 Å². The Balaban J connectivity index is 2.22. The summed E-state index contributed by atoms with van der Waals surface area (Å²) >= 11 is 2.91. The zero-order chi connectivity index (χ0) is 5.82. The van der Waals surface area contributed by atoms with Gasteiger partial charge in [-0.15, -0.1) is 0 Å². The molecule has 0 N–H and O–H groups in total. The number of rotatable bonds is 1. The van der Waals surface area contributed by atoms with Gasteiger partial charge in [0.2, 0.25) is 0 Å². The van der Waals surface area contributed by atoms with Gasteiger partial charge in [-0.25, -0.2) is 0 Å². The maximum absolute atomic E-state index is 2.91. The monoisotopic (exact) mass is 177 g/mol. The van der Waals surface area contributed by atoms with E-state index < -0.39 is 0 Å². The minimum atomic E-state index is 1.26. The molecule has 1 aliphatic heterocycles. The molecule has 0 spiro atoms. The summed E-state index contributed by atoms with van der Waals surface area (Å²) in [7, 11) is 0. The summed E-state index contributed by atoms with van der Waals surface area (Å²) in [6.45, 7) is 2.51. The van der Waals surface area contributed by atoms with Crippen LogP contribution in [0.3, 0.4) is 0 Å². The van der Waals surface area contributed by atoms with Gasteiger partial charge in [0.15, 0.2) is 0 Å². The average molecular weight is 176 g/mol. The molecular weight excluding hydrogens is 165 g/mol. The zero-order valence-corrected chi connectivity index (χ0v) is 6.68. The van der Waals surface area contributed by atoms with Gasteiger partial charge in [-0.3, -0.25) is 0 Å². The van der Waals surface area contributed by atoms with E-state index >= 15 is 0 Å². The van der Waals surface area contributed by atoms with Crippen molar-refractivity contribution in [3.63, 3.8) is 0 Å². The quantitative estimate of drug-likeness (QED) is 0.523. The van der Waals surface area contributed by atoms with Gasteiger partial charge in [0.25, 0.3) is 0 Å². The molecule has 1 rings (SSSR count). The third-order valence-corrected chi connectivity index (χ3v) is 2.17. The summed E-state index contributed by atoms with van der Waals surface area (Å²) in [5.41, 5.74) is 0. The van der Waals surface area contributed by atoms with Crippen molar-refractivity contribution in [1.82, 2.24) is 4.90 Å². The second-order valence-electron chi connectivity index (χ2n) is 2.20. The van der Waals surface area contributed by atoms with Gasteiger partial charge in [-0.05, 0) is 0 Å². The Morgan fingerprint density at radius 3 is 2.12 bits per heavy atom. The molecule has 0 aliphatic carbocycles. The Bertz CT molecular complexity index is 76.6. The molecule has 1 nitrogen and oxygen atoms in total. The van der Waals surface area contributed by atoms with E-state index in [0.717, 1.165) is 0 Å². The van der Waals surface area contributed by atoms with E-state index in [4.69, 9.17) is 0 Å². The Hall–Kier alpha value is 0.189. The van der Waals surface area contributed by atoms with Crippen molar-refractivity contribution in [3.05, 3.63) is 0 Å². The van der Waals surface area contributed by atoms with E-state index in [1.807, 2.05) is 0 Å². The van der Waals surface area contributed by atoms with Gasteiger partial charge in [0.05, 0.1) is 0 Å². The van der Waals surface area contributed by atoms with Gasteiger partial charge in [-0.1, -0.05) is 0 Å². The summed E-state index contributed by atoms with van der Waals surface area (Å²) in [5, 5.41) is 2.07. The first kappa shape index (κ1) is 6.31. The van der Waals surface area contributed by atoms with E-state index in [0.29, 0.717) is 0 Å². The normalized spacial score (nSPS) is 20.8. The molecule has 0 aromatic rings. The molecule has 46 valence electrons. The first-order valence-corrected chi connectivity index (χ1v) is 4.12. The number of likely N-dealkylation sites (tertiary alicyclic amines) is 1. The fraction of sp³-hybridized carbons (Fsp3) is 0.833. The van der Waals surface area contributed by atoms with E-state index in [2.05, 4.69) is 25.5 Å². The van der Waals surface area contributed by atoms with Crippen LogP contribution in [0.25, 0.3) is 0 Å². The summed E-state index contributed by atoms with van der Waals surface area (Å²) in [6.07, 6.45) is 4.17. The van der Waals surface area contributed by atoms with Crippen LogP contribution in [0, 0.1) is 0 Å². The molecule has 0 radical (unpaired) electrons. The number of hydrogen-bond donors (Lipinski definition) is 0. The molecule has 2 heteroatoms. The van der Waals surface area contributed by atoms with Crippen molar-refractivity contribution in [2.75, 3.05) is 13.1 Å². The van der Waals surface area contributed by atoms with Crippen molar-refractivity contribution in [1.29, 1.82) is 0 Å². The Morgan fingerprint density at radius 2 is 1.75 bits per heavy atom. The molecule has 0 saturated carbocycles. The van der Waals surface area contributed by atoms with E-state index in [-0.39, 0.29) is 0 Å². The van der Waals surface area contributed by atoms with Gasteiger partial charge in [0, 0.05) is 0 Å². The third kappa shape index (κ3) is 1.61. The third-order valence-electron chi connectivity index (χ3n) is 1.54. The summed E-state index contributed by atoms with van der Waals surface area (Å²) < 4.78 is 0. The van der Waals surface area contributed by atoms with Crippen LogP contribution in [0.1, 0.15) is 19.3 Å². The molecule has 1 saturated heterocycles. The van der Waals surface area contributed by atoms with Crippen LogP contribution < -0.4 is 0 Å². The van der Waals surface area contributed by atoms with Gasteiger partial charge in [-0.2, -0.15) is 0 Å². The first-order valence-electron chi connectivity index (χ1n) is 3.13. The van der Waals surface area contributed by atoms with Crippen LogP contribution in [-0.4, -0.2) is 38.6 Å². The molecule has 0 atom stereocenters. The van der Waals surface area contributed by atoms with Crippen molar-refractivity contribution >= 4 is 20.6 Å². The molecule has 1 fully saturated rings. The second kappa shape index (κ2) is 3.26. The average Bonchev–Trinajstić information content (AvgIpc) is 1.90. The van der Waals surface area contributed by atoms with Crippen molar-refractivity contribution in [2.24, 2.45) is 0 Å². The Kier molecular flexibility index (Phi) is 2.57. The standard InChI is InChI=1S/C6H11NSe/c8-6-7-4-2-1-3-5-7/h6H,1-5H2. The van der Waals surface area contributed by atoms with Crippen LogP contribution in [0.4, 0.5) is 0 Å². The molecule has 0 bridgehead atoms. The van der Waals surface area contributed by atoms with Crippen LogP contribution >= 0.6 is 0 Å². The van der Waals surface area contributed by atoms with Gasteiger partial charge in [0.1, 0.15) is 0 Å². The number of hydrogen-bond acceptors (Lipinski definition) is 1. The predicted octanol–water partition coefficient (Wildman–Crippen LogP) is 0.401. The summed E-state index contributed by atoms with van der Waals surface area (Å²) in [6, 6.07) is 0. The molecule has 0 amide bonds. The molecule has 1 heterocycles. The second-order valence-corrected chi connectivity index (χ2v) is 2.64. The van der Waals surface area contributed by atoms with Crippen LogP contribution in [0.15, 0.2) is 0 Å². The van der Waals surface area contributed by atoms with Crippen molar-refractivity contribution in [2.45, 2.75) is 19.3 Å². The van der Waals surface area contributed by atoms with E-state index in [1.165, 1.54) is 32.4 Å². The Morgan fingerprint density at radius 1 is 1.12 bits per heavy atom. The predicted molar refractivity (Wildman–Crippen MR) is 37.2 cm³/mol. The molecule has 0 aromatic carbocycles. The molecule has 8 heavy (non-hydrogen) atoms. The summed E-state index contributed by atoms with van der Waals surface area (Å²) in [5.74, 6) is 0. The molecule has 0 aromatic heterocycles. The van der Waals surface area contributed by atoms with E-state index in [1.54, 1.807) is 0 Å². The molecule has 1 aliphatic rings. The minimum absolute atomic E-state index is 1.26. The topological polar surface area (TPSA) is 3.24 Å². The SMILES string of the molecule is [Se]=CN1CCCCC1. The van der Waals surface area contributed by atoms with E-state index in [9.17, 15) is 0 Å². The van der Waals surface area contributed by atoms with Crippen LogP contribution in [-0.2, 0) is 0 Å². The Labute approximate surface area is 58.4 Å². The fourth-order valence-electron chi connectivity index (χ4n) is 1.02. The maximum atomic E-state index is 2.91. The van der Waals surface area contributed by atoms with Crippen LogP contribution in [0.5, 0.6) is 0 Å². The molecule has 0 unspecified atom stereocenters. The summed E-state index contributed by atoms with van der Waals surface area (Å²) in [4.78, 5) is 2.34. The van der Waals surface area contributed by atoms with Crippen molar-refractivity contribution in [3.8, 4) is 0 Å². The zero-order valence-electron chi connectivity index (χ0n) is 4.97. The van der Waals surface area contributed by atoms with Gasteiger partial charge < -0.3 is 0 Å². The van der Waals surface area contributed by atoms with Crippen LogP contribution in [0.2, 0.25) is 0 Å². The number of piperidine rings is 1.